The van der Waals surface area contributed by atoms with Gasteiger partial charge in [-0.15, -0.1) is 7.92 Å². The quantitative estimate of drug-likeness (QED) is 0.658. The number of benzene rings is 2. The normalized spacial score (nSPS) is 11.2. The van der Waals surface area contributed by atoms with E-state index in [0.717, 1.165) is 0 Å². The lowest BCUT2D eigenvalue weighted by molar-refractivity contribution is 1.32. The van der Waals surface area contributed by atoms with Gasteiger partial charge >= 0.3 is 0 Å². The predicted octanol–water partition coefficient (Wildman–Crippen LogP) is 4.86. The fourth-order valence-electron chi connectivity index (χ4n) is 2.04. The molecule has 0 amide bonds. The molecule has 2 rings (SSSR count). The molecule has 0 nitrogen and oxygen atoms in total. The van der Waals surface area contributed by atoms with Crippen LogP contribution in [0, 0.1) is 0 Å². The molecule has 84 valence electrons. The molecule has 16 heavy (non-hydrogen) atoms. The van der Waals surface area contributed by atoms with Gasteiger partial charge in [-0.3, -0.25) is 0 Å². The molecular weight excluding hydrogens is 211 g/mol. The molecule has 0 bridgehead atoms. The molecule has 0 aliphatic rings. The zero-order valence-electron chi connectivity index (χ0n) is 10.1. The number of rotatable bonds is 4. The van der Waals surface area contributed by atoms with E-state index in [1.807, 2.05) is 0 Å². The lowest BCUT2D eigenvalue weighted by Gasteiger charge is -2.13. The van der Waals surface area contributed by atoms with Crippen molar-refractivity contribution < 1.29 is 0 Å². The van der Waals surface area contributed by atoms with Crippen molar-refractivity contribution in [2.45, 2.75) is 20.0 Å². The topological polar surface area (TPSA) is 0 Å². The predicted molar refractivity (Wildman–Crippen MR) is 75.7 cm³/mol. The smallest absolute Gasteiger partial charge is 0.00731 e. The van der Waals surface area contributed by atoms with E-state index < -0.39 is 0 Å². The first-order chi connectivity index (χ1) is 7.83. The number of hydrogen-bond donors (Lipinski definition) is 0. The molecule has 0 aliphatic heterocycles. The van der Waals surface area contributed by atoms with Gasteiger partial charge in [-0.2, -0.15) is 0 Å². The monoisotopic (exact) mass is 230 g/mol. The third-order valence-corrected chi connectivity index (χ3v) is 5.72. The third-order valence-electron chi connectivity index (χ3n) is 3.11. The Morgan fingerprint density at radius 2 is 1.56 bits per heavy atom. The van der Waals surface area contributed by atoms with Gasteiger partial charge in [-0.25, -0.2) is 0 Å². The first-order valence-electron chi connectivity index (χ1n) is 6.03. The standard InChI is InChI=1S/C15H19P/c1-3-16(4-2)12-13-9-10-14-7-5-6-8-15(14)11-13/h5-11H,3-4,12H2,1-2H3. The van der Waals surface area contributed by atoms with Crippen LogP contribution in [0.2, 0.25) is 0 Å². The average Bonchev–Trinajstić information content (AvgIpc) is 2.35. The van der Waals surface area contributed by atoms with E-state index in [1.165, 1.54) is 34.8 Å². The summed E-state index contributed by atoms with van der Waals surface area (Å²) < 4.78 is 0. The highest BCUT2D eigenvalue weighted by Crippen LogP contribution is 2.38. The van der Waals surface area contributed by atoms with Crippen molar-refractivity contribution in [3.05, 3.63) is 48.0 Å². The number of fused-ring (bicyclic) bond motifs is 1. The molecule has 0 radical (unpaired) electrons. The van der Waals surface area contributed by atoms with E-state index in [4.69, 9.17) is 0 Å². The summed E-state index contributed by atoms with van der Waals surface area (Å²) in [6, 6.07) is 15.5. The summed E-state index contributed by atoms with van der Waals surface area (Å²) in [5, 5.41) is 2.73. The van der Waals surface area contributed by atoms with Crippen LogP contribution in [-0.2, 0) is 6.16 Å². The van der Waals surface area contributed by atoms with Crippen molar-refractivity contribution in [1.82, 2.24) is 0 Å². The molecule has 0 saturated carbocycles. The Kier molecular flexibility index (Phi) is 3.96. The lowest BCUT2D eigenvalue weighted by atomic mass is 10.1. The second-order valence-corrected chi connectivity index (χ2v) is 7.07. The van der Waals surface area contributed by atoms with Crippen LogP contribution >= 0.6 is 7.92 Å². The van der Waals surface area contributed by atoms with E-state index in [0.29, 0.717) is 0 Å². The van der Waals surface area contributed by atoms with Crippen LogP contribution in [0.25, 0.3) is 10.8 Å². The molecule has 2 aromatic carbocycles. The minimum atomic E-state index is 0.212. The second kappa shape index (κ2) is 5.46. The van der Waals surface area contributed by atoms with E-state index in [9.17, 15) is 0 Å². The highest BCUT2D eigenvalue weighted by molar-refractivity contribution is 7.56. The zero-order valence-corrected chi connectivity index (χ0v) is 11.0. The Morgan fingerprint density at radius 3 is 2.25 bits per heavy atom. The second-order valence-electron chi connectivity index (χ2n) is 4.14. The van der Waals surface area contributed by atoms with E-state index in [1.54, 1.807) is 0 Å². The van der Waals surface area contributed by atoms with Gasteiger partial charge in [0.15, 0.2) is 0 Å². The Labute approximate surface area is 99.4 Å². The first-order valence-corrected chi connectivity index (χ1v) is 7.93. The van der Waals surface area contributed by atoms with Crippen LogP contribution < -0.4 is 0 Å². The molecule has 0 atom stereocenters. The molecule has 2 aromatic rings. The fraction of sp³-hybridized carbons (Fsp3) is 0.333. The van der Waals surface area contributed by atoms with Crippen molar-refractivity contribution in [2.75, 3.05) is 12.3 Å². The van der Waals surface area contributed by atoms with Gasteiger partial charge < -0.3 is 0 Å². The molecular formula is C15H19P. The molecule has 0 N–H and O–H groups in total. The van der Waals surface area contributed by atoms with Crippen LogP contribution in [0.3, 0.4) is 0 Å². The maximum absolute atomic E-state index is 2.36. The Balaban J connectivity index is 2.25. The van der Waals surface area contributed by atoms with Crippen molar-refractivity contribution >= 4 is 18.7 Å². The maximum atomic E-state index is 2.36. The largest absolute Gasteiger partial charge is 0.103 e. The average molecular weight is 230 g/mol. The first kappa shape index (κ1) is 11.6. The summed E-state index contributed by atoms with van der Waals surface area (Å²) in [5.41, 5.74) is 1.51. The molecule has 1 heteroatoms. The van der Waals surface area contributed by atoms with Gasteiger partial charge in [-0.1, -0.05) is 56.3 Å². The van der Waals surface area contributed by atoms with E-state index in [-0.39, 0.29) is 7.92 Å². The molecule has 0 heterocycles. The Bertz CT molecular complexity index is 458. The molecule has 0 aliphatic carbocycles. The van der Waals surface area contributed by atoms with Gasteiger partial charge in [0, 0.05) is 0 Å². The summed E-state index contributed by atoms with van der Waals surface area (Å²) >= 11 is 0. The van der Waals surface area contributed by atoms with Crippen molar-refractivity contribution in [2.24, 2.45) is 0 Å². The number of hydrogen-bond acceptors (Lipinski definition) is 0. The van der Waals surface area contributed by atoms with Crippen LogP contribution in [0.4, 0.5) is 0 Å². The Morgan fingerprint density at radius 1 is 0.875 bits per heavy atom. The molecule has 0 unspecified atom stereocenters. The van der Waals surface area contributed by atoms with E-state index >= 15 is 0 Å². The summed E-state index contributed by atoms with van der Waals surface area (Å²) in [7, 11) is 0.212. The van der Waals surface area contributed by atoms with E-state index in [2.05, 4.69) is 56.3 Å². The van der Waals surface area contributed by atoms with Crippen molar-refractivity contribution in [3.8, 4) is 0 Å². The van der Waals surface area contributed by atoms with Crippen molar-refractivity contribution in [1.29, 1.82) is 0 Å². The zero-order chi connectivity index (χ0) is 11.4. The summed E-state index contributed by atoms with van der Waals surface area (Å²) in [6.07, 6.45) is 3.98. The van der Waals surface area contributed by atoms with Crippen molar-refractivity contribution in [3.63, 3.8) is 0 Å². The van der Waals surface area contributed by atoms with Gasteiger partial charge in [-0.05, 0) is 34.8 Å². The highest BCUT2D eigenvalue weighted by Gasteiger charge is 2.04. The van der Waals surface area contributed by atoms with Gasteiger partial charge in [0.1, 0.15) is 0 Å². The Hall–Kier alpha value is -0.870. The highest BCUT2D eigenvalue weighted by atomic mass is 31.1. The maximum Gasteiger partial charge on any atom is -0.00731 e. The van der Waals surface area contributed by atoms with Gasteiger partial charge in [0.05, 0.1) is 0 Å². The lowest BCUT2D eigenvalue weighted by Crippen LogP contribution is -1.89. The minimum absolute atomic E-state index is 0.212. The summed E-state index contributed by atoms with van der Waals surface area (Å²) in [4.78, 5) is 0. The van der Waals surface area contributed by atoms with Crippen LogP contribution in [0.1, 0.15) is 19.4 Å². The van der Waals surface area contributed by atoms with Crippen LogP contribution in [0.5, 0.6) is 0 Å². The molecule has 0 aromatic heterocycles. The van der Waals surface area contributed by atoms with Gasteiger partial charge in [0.25, 0.3) is 0 Å². The SMILES string of the molecule is CCP(CC)Cc1ccc2ccccc2c1. The molecule has 0 saturated heterocycles. The fourth-order valence-corrected chi connectivity index (χ4v) is 3.65. The molecule has 0 fully saturated rings. The van der Waals surface area contributed by atoms with Crippen LogP contribution in [0.15, 0.2) is 42.5 Å². The minimum Gasteiger partial charge on any atom is -0.103 e. The summed E-state index contributed by atoms with van der Waals surface area (Å²) in [6.45, 7) is 4.63. The third kappa shape index (κ3) is 2.62. The summed E-state index contributed by atoms with van der Waals surface area (Å²) in [5.74, 6) is 0. The van der Waals surface area contributed by atoms with Crippen LogP contribution in [-0.4, -0.2) is 12.3 Å². The van der Waals surface area contributed by atoms with Gasteiger partial charge in [0.2, 0.25) is 0 Å². The molecule has 0 spiro atoms.